The summed E-state index contributed by atoms with van der Waals surface area (Å²) in [5.41, 5.74) is 0.881. The molecule has 1 saturated carbocycles. The highest BCUT2D eigenvalue weighted by Crippen LogP contribution is 2.29. The predicted molar refractivity (Wildman–Crippen MR) is 68.0 cm³/mol. The van der Waals surface area contributed by atoms with Gasteiger partial charge >= 0.3 is 5.97 Å². The first-order valence-electron chi connectivity index (χ1n) is 6.45. The third-order valence-corrected chi connectivity index (χ3v) is 3.63. The van der Waals surface area contributed by atoms with Crippen molar-refractivity contribution in [2.75, 3.05) is 0 Å². The normalized spacial score (nSPS) is 23.7. The van der Waals surface area contributed by atoms with Crippen LogP contribution in [0.2, 0.25) is 0 Å². The summed E-state index contributed by atoms with van der Waals surface area (Å²) < 4.78 is 5.85. The van der Waals surface area contributed by atoms with Crippen LogP contribution in [0.15, 0.2) is 12.3 Å². The molecule has 4 nitrogen and oxygen atoms in total. The fourth-order valence-electron chi connectivity index (χ4n) is 2.48. The van der Waals surface area contributed by atoms with Gasteiger partial charge in [-0.15, -0.1) is 0 Å². The van der Waals surface area contributed by atoms with Gasteiger partial charge in [-0.05, 0) is 43.7 Å². The second-order valence-electron chi connectivity index (χ2n) is 5.03. The van der Waals surface area contributed by atoms with Crippen LogP contribution >= 0.6 is 0 Å². The number of hydrogen-bond donors (Lipinski definition) is 1. The smallest absolute Gasteiger partial charge is 0.341 e. The van der Waals surface area contributed by atoms with E-state index in [1.807, 2.05) is 0 Å². The molecular formula is C14H19NO3. The molecular weight excluding hydrogens is 230 g/mol. The SMILES string of the molecule is Cc1ccnc(OC2CCCCC2C)c1C(=O)O. The highest BCUT2D eigenvalue weighted by molar-refractivity contribution is 5.91. The third-order valence-electron chi connectivity index (χ3n) is 3.63. The van der Waals surface area contributed by atoms with Crippen LogP contribution in [0, 0.1) is 12.8 Å². The number of aryl methyl sites for hydroxylation is 1. The van der Waals surface area contributed by atoms with Gasteiger partial charge in [-0.1, -0.05) is 13.3 Å². The summed E-state index contributed by atoms with van der Waals surface area (Å²) >= 11 is 0. The minimum Gasteiger partial charge on any atom is -0.477 e. The number of aromatic carboxylic acids is 1. The number of carbonyl (C=O) groups is 1. The van der Waals surface area contributed by atoms with Crippen LogP contribution in [0.5, 0.6) is 5.88 Å². The van der Waals surface area contributed by atoms with Gasteiger partial charge < -0.3 is 9.84 Å². The van der Waals surface area contributed by atoms with Crippen molar-refractivity contribution in [1.82, 2.24) is 4.98 Å². The minimum absolute atomic E-state index is 0.0890. The molecule has 0 bridgehead atoms. The highest BCUT2D eigenvalue weighted by atomic mass is 16.5. The summed E-state index contributed by atoms with van der Waals surface area (Å²) in [5, 5.41) is 9.22. The van der Waals surface area contributed by atoms with Crippen molar-refractivity contribution < 1.29 is 14.6 Å². The molecule has 2 unspecified atom stereocenters. The summed E-state index contributed by atoms with van der Waals surface area (Å²) in [7, 11) is 0. The Labute approximate surface area is 107 Å². The molecule has 0 spiro atoms. The Morgan fingerprint density at radius 3 is 2.83 bits per heavy atom. The topological polar surface area (TPSA) is 59.4 Å². The average Bonchev–Trinajstić information content (AvgIpc) is 2.31. The van der Waals surface area contributed by atoms with E-state index in [1.54, 1.807) is 19.2 Å². The lowest BCUT2D eigenvalue weighted by atomic mass is 9.88. The maximum absolute atomic E-state index is 11.2. The van der Waals surface area contributed by atoms with Gasteiger partial charge in [0.25, 0.3) is 0 Å². The molecule has 1 heterocycles. The van der Waals surface area contributed by atoms with E-state index in [-0.39, 0.29) is 17.5 Å². The maximum atomic E-state index is 11.2. The van der Waals surface area contributed by atoms with Crippen molar-refractivity contribution >= 4 is 5.97 Å². The van der Waals surface area contributed by atoms with Gasteiger partial charge in [0.05, 0.1) is 0 Å². The highest BCUT2D eigenvalue weighted by Gasteiger charge is 2.25. The van der Waals surface area contributed by atoms with E-state index < -0.39 is 5.97 Å². The largest absolute Gasteiger partial charge is 0.477 e. The number of carboxylic acids is 1. The number of rotatable bonds is 3. The number of carboxylic acid groups (broad SMARTS) is 1. The lowest BCUT2D eigenvalue weighted by molar-refractivity contribution is 0.0666. The fraction of sp³-hybridized carbons (Fsp3) is 0.571. The van der Waals surface area contributed by atoms with Crippen molar-refractivity contribution in [2.24, 2.45) is 5.92 Å². The van der Waals surface area contributed by atoms with Gasteiger partial charge in [-0.3, -0.25) is 0 Å². The van der Waals surface area contributed by atoms with Crippen LogP contribution in [0.1, 0.15) is 48.5 Å². The van der Waals surface area contributed by atoms with E-state index in [9.17, 15) is 9.90 Å². The van der Waals surface area contributed by atoms with E-state index in [0.717, 1.165) is 19.3 Å². The fourth-order valence-corrected chi connectivity index (χ4v) is 2.48. The standard InChI is InChI=1S/C14H19NO3/c1-9-5-3-4-6-11(9)18-13-12(14(16)17)10(2)7-8-15-13/h7-9,11H,3-6H2,1-2H3,(H,16,17). The number of pyridine rings is 1. The lowest BCUT2D eigenvalue weighted by Crippen LogP contribution is -2.29. The first-order valence-corrected chi connectivity index (χ1v) is 6.45. The molecule has 0 saturated heterocycles. The van der Waals surface area contributed by atoms with E-state index in [4.69, 9.17) is 4.74 Å². The minimum atomic E-state index is -0.973. The third kappa shape index (κ3) is 2.63. The number of ether oxygens (including phenoxy) is 1. The van der Waals surface area contributed by atoms with Crippen molar-refractivity contribution in [3.63, 3.8) is 0 Å². The molecule has 0 amide bonds. The molecule has 1 N–H and O–H groups in total. The Hall–Kier alpha value is -1.58. The Bertz CT molecular complexity index is 445. The average molecular weight is 249 g/mol. The second kappa shape index (κ2) is 5.38. The second-order valence-corrected chi connectivity index (χ2v) is 5.03. The summed E-state index contributed by atoms with van der Waals surface area (Å²) in [5.74, 6) is -0.247. The molecule has 1 aliphatic rings. The molecule has 1 fully saturated rings. The molecule has 0 aromatic carbocycles. The van der Waals surface area contributed by atoms with E-state index >= 15 is 0 Å². The zero-order valence-electron chi connectivity index (χ0n) is 10.8. The molecule has 1 aliphatic carbocycles. The predicted octanol–water partition coefficient (Wildman–Crippen LogP) is 3.05. The van der Waals surface area contributed by atoms with E-state index in [0.29, 0.717) is 11.5 Å². The zero-order chi connectivity index (χ0) is 13.1. The van der Waals surface area contributed by atoms with Gasteiger partial charge in [-0.25, -0.2) is 9.78 Å². The lowest BCUT2D eigenvalue weighted by Gasteiger charge is -2.29. The van der Waals surface area contributed by atoms with E-state index in [2.05, 4.69) is 11.9 Å². The molecule has 2 atom stereocenters. The number of nitrogens with zero attached hydrogens (tertiary/aromatic N) is 1. The van der Waals surface area contributed by atoms with Crippen molar-refractivity contribution in [2.45, 2.75) is 45.6 Å². The Kier molecular flexibility index (Phi) is 3.84. The zero-order valence-corrected chi connectivity index (χ0v) is 10.8. The van der Waals surface area contributed by atoms with Gasteiger partial charge in [0.1, 0.15) is 11.7 Å². The molecule has 1 aromatic heterocycles. The monoisotopic (exact) mass is 249 g/mol. The Morgan fingerprint density at radius 2 is 2.17 bits per heavy atom. The van der Waals surface area contributed by atoms with E-state index in [1.165, 1.54) is 6.42 Å². The summed E-state index contributed by atoms with van der Waals surface area (Å²) in [4.78, 5) is 15.3. The van der Waals surface area contributed by atoms with Crippen molar-refractivity contribution in [1.29, 1.82) is 0 Å². The molecule has 1 aromatic rings. The number of hydrogen-bond acceptors (Lipinski definition) is 3. The summed E-state index contributed by atoms with van der Waals surface area (Å²) in [6.07, 6.45) is 6.18. The quantitative estimate of drug-likeness (QED) is 0.894. The van der Waals surface area contributed by atoms with Crippen LogP contribution in [0.4, 0.5) is 0 Å². The molecule has 0 aliphatic heterocycles. The summed E-state index contributed by atoms with van der Waals surface area (Å²) in [6, 6.07) is 1.70. The van der Waals surface area contributed by atoms with Crippen LogP contribution in [0.3, 0.4) is 0 Å². The van der Waals surface area contributed by atoms with Gasteiger partial charge in [0, 0.05) is 6.20 Å². The molecule has 0 radical (unpaired) electrons. The van der Waals surface area contributed by atoms with Gasteiger partial charge in [0.2, 0.25) is 5.88 Å². The van der Waals surface area contributed by atoms with Crippen LogP contribution < -0.4 is 4.74 Å². The molecule has 2 rings (SSSR count). The van der Waals surface area contributed by atoms with Crippen LogP contribution in [0.25, 0.3) is 0 Å². The van der Waals surface area contributed by atoms with Gasteiger partial charge in [-0.2, -0.15) is 0 Å². The summed E-state index contributed by atoms with van der Waals surface area (Å²) in [6.45, 7) is 3.92. The first kappa shape index (κ1) is 12.9. The van der Waals surface area contributed by atoms with Crippen molar-refractivity contribution in [3.05, 3.63) is 23.4 Å². The van der Waals surface area contributed by atoms with Crippen LogP contribution in [-0.2, 0) is 0 Å². The van der Waals surface area contributed by atoms with Crippen LogP contribution in [-0.4, -0.2) is 22.2 Å². The Morgan fingerprint density at radius 1 is 1.44 bits per heavy atom. The maximum Gasteiger partial charge on any atom is 0.341 e. The van der Waals surface area contributed by atoms with Crippen molar-refractivity contribution in [3.8, 4) is 5.88 Å². The van der Waals surface area contributed by atoms with Gasteiger partial charge in [0.15, 0.2) is 0 Å². The molecule has 18 heavy (non-hydrogen) atoms. The Balaban J connectivity index is 2.23. The first-order chi connectivity index (χ1) is 8.59. The number of aromatic nitrogens is 1. The molecule has 98 valence electrons. The molecule has 4 heteroatoms.